The van der Waals surface area contributed by atoms with Gasteiger partial charge in [-0.2, -0.15) is 0 Å². The van der Waals surface area contributed by atoms with Gasteiger partial charge in [-0.15, -0.1) is 0 Å². The van der Waals surface area contributed by atoms with E-state index in [0.29, 0.717) is 18.6 Å². The number of hydrogen-bond donors (Lipinski definition) is 1. The van der Waals surface area contributed by atoms with E-state index in [-0.39, 0.29) is 0 Å². The number of nitrogens with zero attached hydrogens (tertiary/aromatic N) is 1. The van der Waals surface area contributed by atoms with E-state index >= 15 is 0 Å². The quantitative estimate of drug-likeness (QED) is 0.853. The summed E-state index contributed by atoms with van der Waals surface area (Å²) in [5.74, 6) is 0.673. The third-order valence-electron chi connectivity index (χ3n) is 2.84. The van der Waals surface area contributed by atoms with Crippen LogP contribution >= 0.6 is 0 Å². The predicted octanol–water partition coefficient (Wildman–Crippen LogP) is 2.46. The standard InChI is InChI=1S/C13H20N2O2/c1-2-16-13-7-6-11(9-15-13)14-10-12-5-3-4-8-17-12/h6-7,9,12,14H,2-5,8,10H2,1H3. The summed E-state index contributed by atoms with van der Waals surface area (Å²) < 4.78 is 10.9. The fourth-order valence-corrected chi connectivity index (χ4v) is 1.92. The van der Waals surface area contributed by atoms with Gasteiger partial charge in [0.2, 0.25) is 5.88 Å². The zero-order chi connectivity index (χ0) is 11.9. The molecule has 1 N–H and O–H groups in total. The van der Waals surface area contributed by atoms with E-state index in [4.69, 9.17) is 9.47 Å². The second kappa shape index (κ2) is 6.45. The van der Waals surface area contributed by atoms with Gasteiger partial charge in [0.15, 0.2) is 0 Å². The van der Waals surface area contributed by atoms with E-state index in [9.17, 15) is 0 Å². The van der Waals surface area contributed by atoms with Gasteiger partial charge < -0.3 is 14.8 Å². The molecular formula is C13H20N2O2. The van der Waals surface area contributed by atoms with Gasteiger partial charge in [-0.25, -0.2) is 4.98 Å². The Labute approximate surface area is 102 Å². The summed E-state index contributed by atoms with van der Waals surface area (Å²) in [5, 5.41) is 3.34. The summed E-state index contributed by atoms with van der Waals surface area (Å²) in [6.45, 7) is 4.35. The molecule has 1 saturated heterocycles. The van der Waals surface area contributed by atoms with Crippen molar-refractivity contribution in [2.75, 3.05) is 25.1 Å². The second-order valence-corrected chi connectivity index (χ2v) is 4.19. The second-order valence-electron chi connectivity index (χ2n) is 4.19. The van der Waals surface area contributed by atoms with Crippen LogP contribution in [0.2, 0.25) is 0 Å². The van der Waals surface area contributed by atoms with Crippen molar-refractivity contribution in [1.82, 2.24) is 4.98 Å². The number of rotatable bonds is 5. The summed E-state index contributed by atoms with van der Waals surface area (Å²) in [6, 6.07) is 3.87. The molecule has 0 radical (unpaired) electrons. The number of hydrogen-bond acceptors (Lipinski definition) is 4. The minimum absolute atomic E-state index is 0.343. The molecule has 4 heteroatoms. The Kier molecular flexibility index (Phi) is 4.62. The highest BCUT2D eigenvalue weighted by Gasteiger charge is 2.13. The summed E-state index contributed by atoms with van der Waals surface area (Å²) >= 11 is 0. The average Bonchev–Trinajstić information content (AvgIpc) is 2.40. The van der Waals surface area contributed by atoms with Crippen LogP contribution in [0.1, 0.15) is 26.2 Å². The van der Waals surface area contributed by atoms with Crippen LogP contribution in [0, 0.1) is 0 Å². The van der Waals surface area contributed by atoms with E-state index in [1.165, 1.54) is 12.8 Å². The summed E-state index contributed by atoms with van der Waals surface area (Å²) in [5.41, 5.74) is 1.02. The Balaban J connectivity index is 1.77. The topological polar surface area (TPSA) is 43.4 Å². The van der Waals surface area contributed by atoms with Crippen molar-refractivity contribution in [3.63, 3.8) is 0 Å². The molecule has 0 amide bonds. The molecule has 0 aliphatic carbocycles. The van der Waals surface area contributed by atoms with Crippen molar-refractivity contribution < 1.29 is 9.47 Å². The zero-order valence-electron chi connectivity index (χ0n) is 10.3. The van der Waals surface area contributed by atoms with Gasteiger partial charge in [0.05, 0.1) is 24.6 Å². The molecular weight excluding hydrogens is 216 g/mol. The zero-order valence-corrected chi connectivity index (χ0v) is 10.3. The molecule has 1 aliphatic heterocycles. The molecule has 1 unspecified atom stereocenters. The highest BCUT2D eigenvalue weighted by Crippen LogP contribution is 2.15. The lowest BCUT2D eigenvalue weighted by atomic mass is 10.1. The van der Waals surface area contributed by atoms with E-state index in [2.05, 4.69) is 10.3 Å². The maximum Gasteiger partial charge on any atom is 0.213 e. The monoisotopic (exact) mass is 236 g/mol. The predicted molar refractivity (Wildman–Crippen MR) is 67.5 cm³/mol. The van der Waals surface area contributed by atoms with Gasteiger partial charge in [0.1, 0.15) is 0 Å². The van der Waals surface area contributed by atoms with Crippen molar-refractivity contribution in [1.29, 1.82) is 0 Å². The van der Waals surface area contributed by atoms with Crippen molar-refractivity contribution in [3.8, 4) is 5.88 Å². The Morgan fingerprint density at radius 2 is 2.41 bits per heavy atom. The molecule has 1 aromatic rings. The Morgan fingerprint density at radius 3 is 3.06 bits per heavy atom. The summed E-state index contributed by atoms with van der Waals surface area (Å²) in [7, 11) is 0. The largest absolute Gasteiger partial charge is 0.478 e. The van der Waals surface area contributed by atoms with Crippen LogP contribution in [0.3, 0.4) is 0 Å². The SMILES string of the molecule is CCOc1ccc(NCC2CCCCO2)cn1. The number of ether oxygens (including phenoxy) is 2. The smallest absolute Gasteiger partial charge is 0.213 e. The minimum Gasteiger partial charge on any atom is -0.478 e. The Bertz CT molecular complexity index is 321. The first-order chi connectivity index (χ1) is 8.38. The normalized spacial score (nSPS) is 19.9. The molecule has 0 spiro atoms. The number of anilines is 1. The summed E-state index contributed by atoms with van der Waals surface area (Å²) in [6.07, 6.45) is 5.76. The molecule has 0 aromatic carbocycles. The fraction of sp³-hybridized carbons (Fsp3) is 0.615. The number of pyridine rings is 1. The maximum absolute atomic E-state index is 5.65. The average molecular weight is 236 g/mol. The van der Waals surface area contributed by atoms with E-state index in [0.717, 1.165) is 25.3 Å². The Morgan fingerprint density at radius 1 is 1.47 bits per heavy atom. The van der Waals surface area contributed by atoms with E-state index in [1.807, 2.05) is 19.1 Å². The number of aromatic nitrogens is 1. The molecule has 1 aromatic heterocycles. The van der Waals surface area contributed by atoms with Crippen molar-refractivity contribution in [2.45, 2.75) is 32.3 Å². The van der Waals surface area contributed by atoms with Crippen molar-refractivity contribution in [3.05, 3.63) is 18.3 Å². The molecule has 17 heavy (non-hydrogen) atoms. The third-order valence-corrected chi connectivity index (χ3v) is 2.84. The first-order valence-electron chi connectivity index (χ1n) is 6.33. The third kappa shape index (κ3) is 3.89. The molecule has 4 nitrogen and oxygen atoms in total. The van der Waals surface area contributed by atoms with Crippen LogP contribution in [0.25, 0.3) is 0 Å². The van der Waals surface area contributed by atoms with Crippen LogP contribution in [0.4, 0.5) is 5.69 Å². The highest BCUT2D eigenvalue weighted by atomic mass is 16.5. The number of nitrogens with one attached hydrogen (secondary N) is 1. The lowest BCUT2D eigenvalue weighted by Gasteiger charge is -2.23. The molecule has 2 rings (SSSR count). The molecule has 1 aliphatic rings. The molecule has 0 bridgehead atoms. The van der Waals surface area contributed by atoms with E-state index < -0.39 is 0 Å². The summed E-state index contributed by atoms with van der Waals surface area (Å²) in [4.78, 5) is 4.21. The van der Waals surface area contributed by atoms with Gasteiger partial charge in [0.25, 0.3) is 0 Å². The van der Waals surface area contributed by atoms with Crippen LogP contribution in [0.5, 0.6) is 5.88 Å². The van der Waals surface area contributed by atoms with Crippen LogP contribution in [-0.4, -0.2) is 30.8 Å². The van der Waals surface area contributed by atoms with Crippen LogP contribution < -0.4 is 10.1 Å². The molecule has 0 saturated carbocycles. The Hall–Kier alpha value is -1.29. The van der Waals surface area contributed by atoms with Crippen molar-refractivity contribution >= 4 is 5.69 Å². The first kappa shape index (κ1) is 12.2. The first-order valence-corrected chi connectivity index (χ1v) is 6.33. The van der Waals surface area contributed by atoms with E-state index in [1.54, 1.807) is 6.20 Å². The van der Waals surface area contributed by atoms with Crippen molar-refractivity contribution in [2.24, 2.45) is 0 Å². The van der Waals surface area contributed by atoms with Crippen LogP contribution in [-0.2, 0) is 4.74 Å². The fourth-order valence-electron chi connectivity index (χ4n) is 1.92. The van der Waals surface area contributed by atoms with Gasteiger partial charge in [-0.3, -0.25) is 0 Å². The minimum atomic E-state index is 0.343. The highest BCUT2D eigenvalue weighted by molar-refractivity contribution is 5.42. The lowest BCUT2D eigenvalue weighted by Crippen LogP contribution is -2.26. The lowest BCUT2D eigenvalue weighted by molar-refractivity contribution is 0.0247. The molecule has 94 valence electrons. The molecule has 1 fully saturated rings. The maximum atomic E-state index is 5.65. The van der Waals surface area contributed by atoms with Gasteiger partial charge in [0, 0.05) is 19.2 Å². The van der Waals surface area contributed by atoms with Gasteiger partial charge >= 0.3 is 0 Å². The molecule has 1 atom stereocenters. The van der Waals surface area contributed by atoms with Gasteiger partial charge in [-0.1, -0.05) is 0 Å². The van der Waals surface area contributed by atoms with Crippen LogP contribution in [0.15, 0.2) is 18.3 Å². The molecule has 2 heterocycles. The van der Waals surface area contributed by atoms with Gasteiger partial charge in [-0.05, 0) is 32.3 Å².